The minimum Gasteiger partial charge on any atom is -0.443 e. The third-order valence-corrected chi connectivity index (χ3v) is 4.58. The first-order valence-electron chi connectivity index (χ1n) is 9.30. The second kappa shape index (κ2) is 6.88. The zero-order chi connectivity index (χ0) is 20.8. The Kier molecular flexibility index (Phi) is 4.49. The number of fused-ring (bicyclic) bond motifs is 1. The van der Waals surface area contributed by atoms with Crippen LogP contribution in [0.4, 0.5) is 19.7 Å². The molecule has 4 rings (SSSR count). The molecule has 1 fully saturated rings. The quantitative estimate of drug-likeness (QED) is 0.646. The molecule has 0 bridgehead atoms. The summed E-state index contributed by atoms with van der Waals surface area (Å²) in [5.74, 6) is -0.392. The van der Waals surface area contributed by atoms with Gasteiger partial charge in [0.1, 0.15) is 17.1 Å². The normalized spacial score (nSPS) is 14.7. The molecular weight excluding hydrogens is 375 g/mol. The summed E-state index contributed by atoms with van der Waals surface area (Å²) in [7, 11) is 0. The summed E-state index contributed by atoms with van der Waals surface area (Å²) in [5, 5.41) is 5.01. The van der Waals surface area contributed by atoms with Crippen molar-refractivity contribution in [3.8, 4) is 5.69 Å². The highest BCUT2D eigenvalue weighted by Crippen LogP contribution is 2.31. The van der Waals surface area contributed by atoms with Gasteiger partial charge in [-0.1, -0.05) is 18.2 Å². The summed E-state index contributed by atoms with van der Waals surface area (Å²) in [4.78, 5) is 27.8. The molecule has 0 unspecified atom stereocenters. The van der Waals surface area contributed by atoms with Crippen molar-refractivity contribution < 1.29 is 18.7 Å². The number of benzene rings is 2. The van der Waals surface area contributed by atoms with Crippen molar-refractivity contribution in [2.24, 2.45) is 0 Å². The predicted octanol–water partition coefficient (Wildman–Crippen LogP) is 4.34. The number of urea groups is 1. The van der Waals surface area contributed by atoms with E-state index in [4.69, 9.17) is 4.74 Å². The van der Waals surface area contributed by atoms with Crippen LogP contribution in [0.1, 0.15) is 20.8 Å². The molecule has 1 saturated heterocycles. The fourth-order valence-electron chi connectivity index (χ4n) is 3.33. The molecule has 8 heteroatoms. The first kappa shape index (κ1) is 18.9. The number of ether oxygens (including phenoxy) is 1. The number of halogens is 1. The minimum absolute atomic E-state index is 0.228. The lowest BCUT2D eigenvalue weighted by Gasteiger charge is -2.23. The average molecular weight is 396 g/mol. The van der Waals surface area contributed by atoms with Crippen LogP contribution in [0.2, 0.25) is 0 Å². The van der Waals surface area contributed by atoms with E-state index in [1.165, 1.54) is 15.6 Å². The molecule has 2 aromatic carbocycles. The van der Waals surface area contributed by atoms with Gasteiger partial charge in [0.15, 0.2) is 0 Å². The lowest BCUT2D eigenvalue weighted by Crippen LogP contribution is -2.40. The number of anilines is 1. The van der Waals surface area contributed by atoms with Gasteiger partial charge in [0.25, 0.3) is 0 Å². The molecule has 3 amide bonds. The van der Waals surface area contributed by atoms with Crippen LogP contribution in [0.25, 0.3) is 16.6 Å². The maximum Gasteiger partial charge on any atom is 0.418 e. The van der Waals surface area contributed by atoms with Crippen LogP contribution >= 0.6 is 0 Å². The molecule has 7 nitrogen and oxygen atoms in total. The molecular formula is C21H21FN4O3. The molecule has 0 saturated carbocycles. The maximum atomic E-state index is 14.2. The van der Waals surface area contributed by atoms with Gasteiger partial charge in [-0.15, -0.1) is 0 Å². The smallest absolute Gasteiger partial charge is 0.418 e. The first-order valence-corrected chi connectivity index (χ1v) is 9.30. The van der Waals surface area contributed by atoms with Crippen LogP contribution in [-0.4, -0.2) is 45.5 Å². The number of hydrogen-bond donors (Lipinski definition) is 0. The standard InChI is InChI=1S/C21H21FN4O3/c1-21(2,3)29-20(28)25-12-11-24(19(25)27)16-9-6-10-17-14(16)13-23-26(17)18-8-5-4-7-15(18)22/h4-10,13H,11-12H2,1-3H3. The van der Waals surface area contributed by atoms with Crippen molar-refractivity contribution in [2.45, 2.75) is 26.4 Å². The largest absolute Gasteiger partial charge is 0.443 e. The minimum atomic E-state index is -0.689. The SMILES string of the molecule is CC(C)(C)OC(=O)N1CCN(c2cccc3c2cnn3-c2ccccc2F)C1=O. The summed E-state index contributed by atoms with van der Waals surface area (Å²) in [6.07, 6.45) is 0.930. The van der Waals surface area contributed by atoms with E-state index in [1.807, 2.05) is 6.07 Å². The lowest BCUT2D eigenvalue weighted by molar-refractivity contribution is 0.0354. The second-order valence-corrected chi connectivity index (χ2v) is 7.78. The first-order chi connectivity index (χ1) is 13.8. The van der Waals surface area contributed by atoms with Crippen molar-refractivity contribution in [3.63, 3.8) is 0 Å². The highest BCUT2D eigenvalue weighted by molar-refractivity contribution is 6.08. The van der Waals surface area contributed by atoms with Gasteiger partial charge in [0.2, 0.25) is 0 Å². The molecule has 2 heterocycles. The van der Waals surface area contributed by atoms with Crippen LogP contribution < -0.4 is 4.90 Å². The molecule has 0 spiro atoms. The summed E-state index contributed by atoms with van der Waals surface area (Å²) < 4.78 is 21.1. The van der Waals surface area contributed by atoms with E-state index in [1.54, 1.807) is 57.3 Å². The molecule has 0 radical (unpaired) electrons. The fourth-order valence-corrected chi connectivity index (χ4v) is 3.33. The highest BCUT2D eigenvalue weighted by atomic mass is 19.1. The number of rotatable bonds is 2. The van der Waals surface area contributed by atoms with Crippen LogP contribution in [-0.2, 0) is 4.74 Å². The number of nitrogens with zero attached hydrogens (tertiary/aromatic N) is 4. The van der Waals surface area contributed by atoms with E-state index >= 15 is 0 Å². The molecule has 150 valence electrons. The van der Waals surface area contributed by atoms with Gasteiger partial charge < -0.3 is 4.74 Å². The zero-order valence-electron chi connectivity index (χ0n) is 16.4. The topological polar surface area (TPSA) is 67.7 Å². The van der Waals surface area contributed by atoms with Crippen molar-refractivity contribution in [2.75, 3.05) is 18.0 Å². The highest BCUT2D eigenvalue weighted by Gasteiger charge is 2.37. The Morgan fingerprint density at radius 3 is 2.52 bits per heavy atom. The van der Waals surface area contributed by atoms with Gasteiger partial charge in [-0.2, -0.15) is 5.10 Å². The summed E-state index contributed by atoms with van der Waals surface area (Å²) in [6.45, 7) is 5.82. The van der Waals surface area contributed by atoms with E-state index in [9.17, 15) is 14.0 Å². The number of carbonyl (C=O) groups excluding carboxylic acids is 2. The van der Waals surface area contributed by atoms with Gasteiger partial charge in [-0.3, -0.25) is 4.90 Å². The Bertz CT molecular complexity index is 1100. The Balaban J connectivity index is 1.68. The Morgan fingerprint density at radius 1 is 1.07 bits per heavy atom. The van der Waals surface area contributed by atoms with Crippen LogP contribution in [0.3, 0.4) is 0 Å². The van der Waals surface area contributed by atoms with Gasteiger partial charge >= 0.3 is 12.1 Å². The van der Waals surface area contributed by atoms with Crippen LogP contribution in [0.5, 0.6) is 0 Å². The molecule has 0 atom stereocenters. The van der Waals surface area contributed by atoms with E-state index < -0.39 is 23.5 Å². The van der Waals surface area contributed by atoms with E-state index in [0.29, 0.717) is 28.8 Å². The van der Waals surface area contributed by atoms with E-state index in [0.717, 1.165) is 4.90 Å². The lowest BCUT2D eigenvalue weighted by atomic mass is 10.2. The van der Waals surface area contributed by atoms with Gasteiger partial charge in [-0.25, -0.2) is 23.6 Å². The fraction of sp³-hybridized carbons (Fsp3) is 0.286. The Hall–Kier alpha value is -3.42. The van der Waals surface area contributed by atoms with Crippen molar-refractivity contribution in [3.05, 3.63) is 54.5 Å². The Morgan fingerprint density at radius 2 is 1.79 bits per heavy atom. The molecule has 3 aromatic rings. The van der Waals surface area contributed by atoms with E-state index in [2.05, 4.69) is 5.10 Å². The molecule has 1 aromatic heterocycles. The Labute approximate surface area is 167 Å². The summed E-state index contributed by atoms with van der Waals surface area (Å²) in [5.41, 5.74) is 0.908. The summed E-state index contributed by atoms with van der Waals surface area (Å²) >= 11 is 0. The van der Waals surface area contributed by atoms with Crippen LogP contribution in [0.15, 0.2) is 48.7 Å². The van der Waals surface area contributed by atoms with Crippen molar-refractivity contribution in [1.29, 1.82) is 0 Å². The molecule has 0 aliphatic carbocycles. The zero-order valence-corrected chi connectivity index (χ0v) is 16.4. The number of imide groups is 1. The van der Waals surface area contributed by atoms with Gasteiger partial charge in [0, 0.05) is 11.9 Å². The number of aromatic nitrogens is 2. The maximum absolute atomic E-state index is 14.2. The molecule has 29 heavy (non-hydrogen) atoms. The monoisotopic (exact) mass is 396 g/mol. The summed E-state index contributed by atoms with van der Waals surface area (Å²) in [6, 6.07) is 11.3. The number of carbonyl (C=O) groups is 2. The molecule has 1 aliphatic heterocycles. The van der Waals surface area contributed by atoms with Gasteiger partial charge in [-0.05, 0) is 45.0 Å². The van der Waals surface area contributed by atoms with Crippen molar-refractivity contribution >= 4 is 28.7 Å². The van der Waals surface area contributed by atoms with Crippen LogP contribution in [0, 0.1) is 5.82 Å². The van der Waals surface area contributed by atoms with E-state index in [-0.39, 0.29) is 6.54 Å². The number of hydrogen-bond acceptors (Lipinski definition) is 4. The third kappa shape index (κ3) is 3.41. The number of amides is 3. The average Bonchev–Trinajstić information content (AvgIpc) is 3.24. The predicted molar refractivity (Wildman–Crippen MR) is 107 cm³/mol. The third-order valence-electron chi connectivity index (χ3n) is 4.58. The van der Waals surface area contributed by atoms with Crippen molar-refractivity contribution in [1.82, 2.24) is 14.7 Å². The molecule has 1 aliphatic rings. The van der Waals surface area contributed by atoms with Gasteiger partial charge in [0.05, 0.1) is 23.9 Å². The second-order valence-electron chi connectivity index (χ2n) is 7.78. The number of para-hydroxylation sites is 1. The molecule has 0 N–H and O–H groups in total.